The maximum absolute atomic E-state index is 13.7. The largest absolute Gasteiger partial charge is 0.399 e. The van der Waals surface area contributed by atoms with Gasteiger partial charge in [0.2, 0.25) is 0 Å². The smallest absolute Gasteiger partial charge is 0.263 e. The second-order valence-corrected chi connectivity index (χ2v) is 6.36. The molecule has 0 radical (unpaired) electrons. The van der Waals surface area contributed by atoms with E-state index in [-0.39, 0.29) is 20.6 Å². The Kier molecular flexibility index (Phi) is 4.08. The Balaban J connectivity index is 2.44. The van der Waals surface area contributed by atoms with Crippen molar-refractivity contribution in [3.63, 3.8) is 0 Å². The summed E-state index contributed by atoms with van der Waals surface area (Å²) < 4.78 is 40.1. The van der Waals surface area contributed by atoms with Crippen LogP contribution in [0.2, 0.25) is 10.0 Å². The predicted octanol–water partition coefficient (Wildman–Crippen LogP) is 3.52. The molecule has 0 unspecified atom stereocenters. The van der Waals surface area contributed by atoms with Gasteiger partial charge < -0.3 is 5.73 Å². The van der Waals surface area contributed by atoms with Crippen LogP contribution in [0, 0.1) is 5.82 Å². The highest BCUT2D eigenvalue weighted by Gasteiger charge is 2.20. The molecule has 0 fully saturated rings. The highest BCUT2D eigenvalue weighted by atomic mass is 35.5. The number of halogens is 3. The monoisotopic (exact) mass is 334 g/mol. The summed E-state index contributed by atoms with van der Waals surface area (Å²) in [5.74, 6) is -0.857. The maximum atomic E-state index is 13.7. The van der Waals surface area contributed by atoms with Gasteiger partial charge in [0.1, 0.15) is 4.90 Å². The Morgan fingerprint density at radius 3 is 2.45 bits per heavy atom. The number of hydrogen-bond donors (Lipinski definition) is 2. The Morgan fingerprint density at radius 2 is 1.80 bits per heavy atom. The quantitative estimate of drug-likeness (QED) is 0.843. The summed E-state index contributed by atoms with van der Waals surface area (Å²) in [6.07, 6.45) is 0. The summed E-state index contributed by atoms with van der Waals surface area (Å²) in [5.41, 5.74) is 5.55. The molecule has 0 aliphatic carbocycles. The van der Waals surface area contributed by atoms with Crippen molar-refractivity contribution in [3.05, 3.63) is 52.3 Å². The molecule has 0 atom stereocenters. The number of nitrogens with one attached hydrogen (secondary N) is 1. The fourth-order valence-electron chi connectivity index (χ4n) is 1.52. The lowest BCUT2D eigenvalue weighted by molar-refractivity contribution is 0.598. The van der Waals surface area contributed by atoms with Crippen molar-refractivity contribution in [2.24, 2.45) is 0 Å². The van der Waals surface area contributed by atoms with E-state index < -0.39 is 15.8 Å². The average Bonchev–Trinajstić information content (AvgIpc) is 2.34. The van der Waals surface area contributed by atoms with Gasteiger partial charge in [-0.1, -0.05) is 29.3 Å². The van der Waals surface area contributed by atoms with Crippen molar-refractivity contribution in [2.45, 2.75) is 4.90 Å². The number of rotatable bonds is 3. The molecule has 0 spiro atoms. The van der Waals surface area contributed by atoms with Crippen LogP contribution in [-0.4, -0.2) is 8.42 Å². The molecule has 2 aromatic rings. The van der Waals surface area contributed by atoms with Gasteiger partial charge in [-0.15, -0.1) is 0 Å². The first-order chi connectivity index (χ1) is 9.31. The summed E-state index contributed by atoms with van der Waals surface area (Å²) in [5, 5.41) is -0.242. The summed E-state index contributed by atoms with van der Waals surface area (Å²) in [4.78, 5) is -0.201. The Morgan fingerprint density at radius 1 is 1.10 bits per heavy atom. The molecule has 3 N–H and O–H groups in total. The minimum Gasteiger partial charge on any atom is -0.399 e. The molecule has 0 bridgehead atoms. The van der Waals surface area contributed by atoms with E-state index in [1.54, 1.807) is 0 Å². The summed E-state index contributed by atoms with van der Waals surface area (Å²) in [6, 6.07) is 7.91. The van der Waals surface area contributed by atoms with E-state index in [0.717, 1.165) is 0 Å². The lowest BCUT2D eigenvalue weighted by atomic mass is 10.3. The third-order valence-corrected chi connectivity index (χ3v) is 4.58. The Bertz CT molecular complexity index is 766. The minimum atomic E-state index is -4.04. The van der Waals surface area contributed by atoms with Crippen LogP contribution in [0.3, 0.4) is 0 Å². The SMILES string of the molecule is Nc1ccc(S(=O)(=O)Nc2cccc(Cl)c2F)c(Cl)c1. The van der Waals surface area contributed by atoms with Crippen LogP contribution in [-0.2, 0) is 10.0 Å². The van der Waals surface area contributed by atoms with E-state index in [4.69, 9.17) is 28.9 Å². The van der Waals surface area contributed by atoms with Crippen molar-refractivity contribution >= 4 is 44.6 Å². The molecular weight excluding hydrogens is 326 g/mol. The van der Waals surface area contributed by atoms with E-state index in [9.17, 15) is 12.8 Å². The van der Waals surface area contributed by atoms with Crippen LogP contribution in [0.5, 0.6) is 0 Å². The lowest BCUT2D eigenvalue weighted by Gasteiger charge is -2.11. The van der Waals surface area contributed by atoms with Crippen LogP contribution in [0.4, 0.5) is 15.8 Å². The van der Waals surface area contributed by atoms with Gasteiger partial charge in [0.15, 0.2) is 5.82 Å². The number of sulfonamides is 1. The molecule has 2 aromatic carbocycles. The topological polar surface area (TPSA) is 72.2 Å². The van der Waals surface area contributed by atoms with Crippen LogP contribution in [0.25, 0.3) is 0 Å². The van der Waals surface area contributed by atoms with E-state index in [1.165, 1.54) is 36.4 Å². The number of hydrogen-bond acceptors (Lipinski definition) is 3. The molecule has 106 valence electrons. The van der Waals surface area contributed by atoms with E-state index in [2.05, 4.69) is 4.72 Å². The van der Waals surface area contributed by atoms with Gasteiger partial charge in [-0.05, 0) is 30.3 Å². The van der Waals surface area contributed by atoms with Gasteiger partial charge in [0, 0.05) is 5.69 Å². The van der Waals surface area contributed by atoms with Gasteiger partial charge in [0.25, 0.3) is 10.0 Å². The first-order valence-corrected chi connectivity index (χ1v) is 7.57. The third-order valence-electron chi connectivity index (χ3n) is 2.44. The van der Waals surface area contributed by atoms with E-state index in [0.29, 0.717) is 5.69 Å². The lowest BCUT2D eigenvalue weighted by Crippen LogP contribution is -2.14. The van der Waals surface area contributed by atoms with Crippen molar-refractivity contribution in [1.29, 1.82) is 0 Å². The van der Waals surface area contributed by atoms with Crippen LogP contribution in [0.1, 0.15) is 0 Å². The van der Waals surface area contributed by atoms with Crippen molar-refractivity contribution < 1.29 is 12.8 Å². The minimum absolute atomic E-state index is 0.0556. The zero-order valence-corrected chi connectivity index (χ0v) is 12.2. The average molecular weight is 335 g/mol. The van der Waals surface area contributed by atoms with Gasteiger partial charge in [0.05, 0.1) is 15.7 Å². The molecule has 0 aromatic heterocycles. The highest BCUT2D eigenvalue weighted by molar-refractivity contribution is 7.92. The fraction of sp³-hybridized carbons (Fsp3) is 0. The first-order valence-electron chi connectivity index (χ1n) is 5.33. The normalized spacial score (nSPS) is 11.3. The molecule has 0 amide bonds. The van der Waals surface area contributed by atoms with Gasteiger partial charge in [-0.3, -0.25) is 4.72 Å². The number of benzene rings is 2. The van der Waals surface area contributed by atoms with Crippen LogP contribution >= 0.6 is 23.2 Å². The summed E-state index contributed by atoms with van der Waals surface area (Å²) >= 11 is 11.4. The predicted molar refractivity (Wildman–Crippen MR) is 78.1 cm³/mol. The molecule has 4 nitrogen and oxygen atoms in total. The second kappa shape index (κ2) is 5.47. The van der Waals surface area contributed by atoms with Crippen molar-refractivity contribution in [2.75, 3.05) is 10.5 Å². The van der Waals surface area contributed by atoms with Gasteiger partial charge >= 0.3 is 0 Å². The molecular formula is C12H9Cl2FN2O2S. The third kappa shape index (κ3) is 2.98. The van der Waals surface area contributed by atoms with E-state index in [1.807, 2.05) is 0 Å². The zero-order valence-electron chi connectivity index (χ0n) is 9.90. The number of nitrogens with two attached hydrogens (primary N) is 1. The van der Waals surface area contributed by atoms with E-state index >= 15 is 0 Å². The zero-order chi connectivity index (χ0) is 14.9. The van der Waals surface area contributed by atoms with Gasteiger partial charge in [-0.2, -0.15) is 0 Å². The molecule has 0 saturated carbocycles. The van der Waals surface area contributed by atoms with Crippen LogP contribution < -0.4 is 10.5 Å². The molecule has 8 heteroatoms. The molecule has 0 aliphatic heterocycles. The Hall–Kier alpha value is -1.50. The highest BCUT2D eigenvalue weighted by Crippen LogP contribution is 2.28. The first kappa shape index (κ1) is 14.9. The van der Waals surface area contributed by atoms with Crippen LogP contribution in [0.15, 0.2) is 41.3 Å². The Labute approximate surface area is 125 Å². The number of anilines is 2. The van der Waals surface area contributed by atoms with Gasteiger partial charge in [-0.25, -0.2) is 12.8 Å². The standard InChI is InChI=1S/C12H9Cl2FN2O2S/c13-8-2-1-3-10(12(8)15)17-20(18,19)11-5-4-7(16)6-9(11)14/h1-6,17H,16H2. The molecule has 2 rings (SSSR count). The van der Waals surface area contributed by atoms with Crippen molar-refractivity contribution in [1.82, 2.24) is 0 Å². The maximum Gasteiger partial charge on any atom is 0.263 e. The summed E-state index contributed by atoms with van der Waals surface area (Å²) in [6.45, 7) is 0. The second-order valence-electron chi connectivity index (χ2n) is 3.90. The molecule has 0 heterocycles. The molecule has 0 saturated heterocycles. The molecule has 20 heavy (non-hydrogen) atoms. The number of nitrogen functional groups attached to an aromatic ring is 1. The van der Waals surface area contributed by atoms with Crippen molar-refractivity contribution in [3.8, 4) is 0 Å². The summed E-state index contributed by atoms with van der Waals surface area (Å²) in [7, 11) is -4.04. The fourth-order valence-corrected chi connectivity index (χ4v) is 3.31. The molecule has 0 aliphatic rings.